The Morgan fingerprint density at radius 3 is 3.04 bits per heavy atom. The molecule has 2 atom stereocenters. The summed E-state index contributed by atoms with van der Waals surface area (Å²) in [6.07, 6.45) is 9.16. The molecule has 3 rings (SSSR count). The zero-order chi connectivity index (χ0) is 16.2. The van der Waals surface area contributed by atoms with Gasteiger partial charge in [-0.25, -0.2) is 4.98 Å². The number of hydrogen-bond acceptors (Lipinski definition) is 4. The summed E-state index contributed by atoms with van der Waals surface area (Å²) in [5.74, 6) is 0.161. The molecule has 124 valence electrons. The van der Waals surface area contributed by atoms with Crippen LogP contribution in [0.1, 0.15) is 41.9 Å². The highest BCUT2D eigenvalue weighted by atomic mass is 16.5. The lowest BCUT2D eigenvalue weighted by molar-refractivity contribution is -0.0273. The number of aryl methyl sites for hydroxylation is 2. The number of ether oxygens (including phenoxy) is 1. The molecule has 1 aliphatic heterocycles. The first-order chi connectivity index (χ1) is 11.2. The molecule has 3 heterocycles. The largest absolute Gasteiger partial charge is 0.373 e. The second-order valence-corrected chi connectivity index (χ2v) is 5.92. The van der Waals surface area contributed by atoms with Crippen LogP contribution in [0.5, 0.6) is 0 Å². The third-order valence-corrected chi connectivity index (χ3v) is 4.32. The molecule has 2 aromatic rings. The average Bonchev–Trinajstić information content (AvgIpc) is 3.21. The number of nitrogens with one attached hydrogen (secondary N) is 1. The lowest BCUT2D eigenvalue weighted by Gasteiger charge is -2.31. The van der Waals surface area contributed by atoms with Crippen molar-refractivity contribution >= 4 is 5.91 Å². The monoisotopic (exact) mass is 317 g/mol. The molecule has 1 saturated heterocycles. The van der Waals surface area contributed by atoms with E-state index < -0.39 is 0 Å². The molecular weight excluding hydrogens is 294 g/mol. The molecule has 0 unspecified atom stereocenters. The lowest BCUT2D eigenvalue weighted by Crippen LogP contribution is -2.35. The van der Waals surface area contributed by atoms with Crippen molar-refractivity contribution in [2.75, 3.05) is 13.2 Å². The second-order valence-electron chi connectivity index (χ2n) is 5.92. The van der Waals surface area contributed by atoms with E-state index in [0.29, 0.717) is 12.2 Å². The molecule has 0 bridgehead atoms. The maximum absolute atomic E-state index is 12.2. The molecule has 0 aromatic carbocycles. The molecule has 1 amide bonds. The van der Waals surface area contributed by atoms with Gasteiger partial charge >= 0.3 is 0 Å². The van der Waals surface area contributed by atoms with Crippen molar-refractivity contribution in [3.05, 3.63) is 36.2 Å². The number of amides is 1. The number of carbonyl (C=O) groups excluding carboxylic acids is 1. The fraction of sp³-hybridized carbons (Fsp3) is 0.562. The Hall–Kier alpha value is -2.15. The first kappa shape index (κ1) is 15.7. The quantitative estimate of drug-likeness (QED) is 0.907. The van der Waals surface area contributed by atoms with E-state index in [4.69, 9.17) is 4.74 Å². The van der Waals surface area contributed by atoms with Crippen LogP contribution in [0, 0.1) is 5.92 Å². The summed E-state index contributed by atoms with van der Waals surface area (Å²) in [6, 6.07) is 0. The summed E-state index contributed by atoms with van der Waals surface area (Å²) in [4.78, 5) is 16.2. The Balaban J connectivity index is 1.65. The summed E-state index contributed by atoms with van der Waals surface area (Å²) in [7, 11) is 1.81. The van der Waals surface area contributed by atoms with Crippen molar-refractivity contribution in [1.29, 1.82) is 0 Å². The van der Waals surface area contributed by atoms with Crippen molar-refractivity contribution in [2.45, 2.75) is 32.4 Å². The van der Waals surface area contributed by atoms with Crippen molar-refractivity contribution in [3.8, 4) is 0 Å². The van der Waals surface area contributed by atoms with Crippen LogP contribution in [-0.4, -0.2) is 38.4 Å². The number of hydrogen-bond donors (Lipinski definition) is 1. The summed E-state index contributed by atoms with van der Waals surface area (Å²) >= 11 is 0. The van der Waals surface area contributed by atoms with E-state index in [1.807, 2.05) is 24.1 Å². The predicted octanol–water partition coefficient (Wildman–Crippen LogP) is 1.53. The molecule has 7 nitrogen and oxygen atoms in total. The van der Waals surface area contributed by atoms with Crippen LogP contribution in [-0.2, 0) is 18.3 Å². The van der Waals surface area contributed by atoms with Gasteiger partial charge in [-0.2, -0.15) is 5.10 Å². The number of nitrogens with zero attached hydrogens (tertiary/aromatic N) is 4. The normalized spacial score (nSPS) is 21.3. The summed E-state index contributed by atoms with van der Waals surface area (Å²) < 4.78 is 9.58. The third-order valence-electron chi connectivity index (χ3n) is 4.32. The van der Waals surface area contributed by atoms with Gasteiger partial charge in [-0.1, -0.05) is 0 Å². The number of aromatic nitrogens is 4. The zero-order valence-electron chi connectivity index (χ0n) is 13.6. The molecule has 23 heavy (non-hydrogen) atoms. The van der Waals surface area contributed by atoms with Gasteiger partial charge < -0.3 is 14.6 Å². The van der Waals surface area contributed by atoms with E-state index >= 15 is 0 Å². The Bertz CT molecular complexity index is 663. The second kappa shape index (κ2) is 6.95. The van der Waals surface area contributed by atoms with Crippen molar-refractivity contribution in [3.63, 3.8) is 0 Å². The van der Waals surface area contributed by atoms with Gasteiger partial charge in [0.15, 0.2) is 0 Å². The molecule has 1 N–H and O–H groups in total. The van der Waals surface area contributed by atoms with Gasteiger partial charge in [0.25, 0.3) is 5.91 Å². The van der Waals surface area contributed by atoms with Gasteiger partial charge in [0.1, 0.15) is 5.69 Å². The lowest BCUT2D eigenvalue weighted by atomic mass is 9.91. The molecular formula is C16H23N5O2. The van der Waals surface area contributed by atoms with Gasteiger partial charge in [-0.15, -0.1) is 0 Å². The molecule has 0 spiro atoms. The fourth-order valence-electron chi connectivity index (χ4n) is 3.01. The number of carbonyl (C=O) groups is 1. The maximum Gasteiger partial charge on any atom is 0.269 e. The fourth-order valence-corrected chi connectivity index (χ4v) is 3.01. The average molecular weight is 317 g/mol. The Kier molecular flexibility index (Phi) is 4.76. The third kappa shape index (κ3) is 3.44. The van der Waals surface area contributed by atoms with Gasteiger partial charge in [-0.05, 0) is 19.8 Å². The van der Waals surface area contributed by atoms with E-state index in [-0.39, 0.29) is 17.9 Å². The minimum Gasteiger partial charge on any atom is -0.373 e. The standard InChI is InChI=1S/C16H23N5O2/c1-3-21-10-13(8-19-21)15-12(5-4-6-23-15)7-18-16(22)14-9-17-11-20(14)2/h8-12,15H,3-7H2,1-2H3,(H,18,22)/t12-,15+/m0/s1. The van der Waals surface area contributed by atoms with Crippen molar-refractivity contribution in [1.82, 2.24) is 24.6 Å². The smallest absolute Gasteiger partial charge is 0.269 e. The highest BCUT2D eigenvalue weighted by molar-refractivity contribution is 5.92. The van der Waals surface area contributed by atoms with Crippen LogP contribution in [0.4, 0.5) is 0 Å². The Labute approximate surface area is 135 Å². The van der Waals surface area contributed by atoms with E-state index in [2.05, 4.69) is 22.3 Å². The van der Waals surface area contributed by atoms with Gasteiger partial charge in [-0.3, -0.25) is 9.48 Å². The molecule has 1 aliphatic rings. The van der Waals surface area contributed by atoms with Crippen molar-refractivity contribution < 1.29 is 9.53 Å². The minimum absolute atomic E-state index is 0.00381. The SMILES string of the molecule is CCn1cc([C@@H]2OCCC[C@H]2CNC(=O)c2cncn2C)cn1. The van der Waals surface area contributed by atoms with Crippen LogP contribution in [0.2, 0.25) is 0 Å². The van der Waals surface area contributed by atoms with Crippen LogP contribution in [0.3, 0.4) is 0 Å². The summed E-state index contributed by atoms with van der Waals surface area (Å²) in [5.41, 5.74) is 1.66. The predicted molar refractivity (Wildman–Crippen MR) is 84.9 cm³/mol. The van der Waals surface area contributed by atoms with E-state index in [9.17, 15) is 4.79 Å². The van der Waals surface area contributed by atoms with Crippen molar-refractivity contribution in [2.24, 2.45) is 13.0 Å². The molecule has 1 fully saturated rings. The minimum atomic E-state index is -0.0985. The molecule has 0 saturated carbocycles. The number of imidazole rings is 1. The van der Waals surface area contributed by atoms with Gasteiger partial charge in [0.2, 0.25) is 0 Å². The summed E-state index contributed by atoms with van der Waals surface area (Å²) in [6.45, 7) is 4.25. The van der Waals surface area contributed by atoms with Crippen LogP contribution < -0.4 is 5.32 Å². The molecule has 2 aromatic heterocycles. The maximum atomic E-state index is 12.2. The van der Waals surface area contributed by atoms with Crippen LogP contribution in [0.25, 0.3) is 0 Å². The first-order valence-electron chi connectivity index (χ1n) is 8.07. The first-order valence-corrected chi connectivity index (χ1v) is 8.07. The Morgan fingerprint density at radius 2 is 2.35 bits per heavy atom. The van der Waals surface area contributed by atoms with Gasteiger partial charge in [0, 0.05) is 44.4 Å². The van der Waals surface area contributed by atoms with E-state index in [0.717, 1.165) is 31.6 Å². The number of rotatable bonds is 5. The van der Waals surface area contributed by atoms with E-state index in [1.54, 1.807) is 17.1 Å². The zero-order valence-corrected chi connectivity index (χ0v) is 13.6. The molecule has 0 aliphatic carbocycles. The molecule has 0 radical (unpaired) electrons. The summed E-state index contributed by atoms with van der Waals surface area (Å²) in [5, 5.41) is 7.34. The van der Waals surface area contributed by atoms with Crippen LogP contribution in [0.15, 0.2) is 24.9 Å². The molecule has 7 heteroatoms. The highest BCUT2D eigenvalue weighted by Crippen LogP contribution is 2.33. The van der Waals surface area contributed by atoms with Crippen LogP contribution >= 0.6 is 0 Å². The topological polar surface area (TPSA) is 74.0 Å². The highest BCUT2D eigenvalue weighted by Gasteiger charge is 2.29. The Morgan fingerprint density at radius 1 is 1.48 bits per heavy atom. The van der Waals surface area contributed by atoms with Gasteiger partial charge in [0.05, 0.1) is 24.8 Å². The van der Waals surface area contributed by atoms with E-state index in [1.165, 1.54) is 0 Å².